The summed E-state index contributed by atoms with van der Waals surface area (Å²) in [6, 6.07) is 17.0. The number of anilines is 1. The van der Waals surface area contributed by atoms with E-state index in [1.807, 2.05) is 50.2 Å². The summed E-state index contributed by atoms with van der Waals surface area (Å²) in [6.45, 7) is 5.24. The molecule has 0 radical (unpaired) electrons. The topological polar surface area (TPSA) is 50.4 Å². The van der Waals surface area contributed by atoms with Crippen molar-refractivity contribution in [2.75, 3.05) is 25.5 Å². The molecular weight excluding hydrogens is 276 g/mol. The second-order valence-corrected chi connectivity index (χ2v) is 4.28. The number of carbonyl (C=O) groups excluding carboxylic acids is 1. The van der Waals surface area contributed by atoms with E-state index in [2.05, 4.69) is 10.6 Å². The van der Waals surface area contributed by atoms with Gasteiger partial charge in [-0.05, 0) is 30.3 Å². The monoisotopic (exact) mass is 300 g/mol. The minimum atomic E-state index is -0.0984. The second-order valence-electron chi connectivity index (χ2n) is 4.28. The van der Waals surface area contributed by atoms with Crippen LogP contribution < -0.4 is 15.4 Å². The van der Waals surface area contributed by atoms with Crippen LogP contribution in [0.25, 0.3) is 0 Å². The Morgan fingerprint density at radius 1 is 1.00 bits per heavy atom. The van der Waals surface area contributed by atoms with E-state index in [0.717, 1.165) is 5.69 Å². The highest BCUT2D eigenvalue weighted by Gasteiger charge is 2.05. The Balaban J connectivity index is 0.00000116. The Morgan fingerprint density at radius 3 is 2.41 bits per heavy atom. The van der Waals surface area contributed by atoms with Gasteiger partial charge < -0.3 is 15.4 Å². The lowest BCUT2D eigenvalue weighted by Crippen LogP contribution is -2.28. The zero-order valence-electron chi connectivity index (χ0n) is 13.4. The minimum absolute atomic E-state index is 0.0984. The van der Waals surface area contributed by atoms with E-state index < -0.39 is 0 Å². The summed E-state index contributed by atoms with van der Waals surface area (Å²) < 4.78 is 5.10. The van der Waals surface area contributed by atoms with Crippen LogP contribution in [-0.4, -0.2) is 26.1 Å². The molecule has 2 rings (SSSR count). The van der Waals surface area contributed by atoms with Gasteiger partial charge >= 0.3 is 0 Å². The number of ether oxygens (including phenoxy) is 1. The lowest BCUT2D eigenvalue weighted by Gasteiger charge is -2.08. The van der Waals surface area contributed by atoms with Crippen LogP contribution in [0.1, 0.15) is 24.2 Å². The third-order valence-electron chi connectivity index (χ3n) is 2.85. The number of benzene rings is 2. The molecule has 0 spiro atoms. The lowest BCUT2D eigenvalue weighted by molar-refractivity contribution is 0.0955. The van der Waals surface area contributed by atoms with E-state index in [1.54, 1.807) is 25.3 Å². The van der Waals surface area contributed by atoms with Crippen LogP contribution in [0.4, 0.5) is 5.69 Å². The molecular formula is C18H24N2O2. The molecule has 0 aliphatic heterocycles. The second kappa shape index (κ2) is 10.3. The average Bonchev–Trinajstić information content (AvgIpc) is 2.61. The van der Waals surface area contributed by atoms with Crippen molar-refractivity contribution < 1.29 is 9.53 Å². The van der Waals surface area contributed by atoms with E-state index in [-0.39, 0.29) is 5.91 Å². The maximum atomic E-state index is 11.9. The fourth-order valence-corrected chi connectivity index (χ4v) is 1.81. The van der Waals surface area contributed by atoms with Crippen LogP contribution in [0.2, 0.25) is 0 Å². The molecule has 1 amide bonds. The predicted octanol–water partition coefficient (Wildman–Crippen LogP) is 3.56. The first-order valence-corrected chi connectivity index (χ1v) is 7.51. The number of hydrogen-bond acceptors (Lipinski definition) is 3. The molecule has 4 heteroatoms. The number of hydrogen-bond donors (Lipinski definition) is 2. The number of methoxy groups -OCH3 is 1. The Bertz CT molecular complexity index is 556. The number of carbonyl (C=O) groups is 1. The summed E-state index contributed by atoms with van der Waals surface area (Å²) in [5.41, 5.74) is 1.65. The van der Waals surface area contributed by atoms with Gasteiger partial charge in [-0.2, -0.15) is 0 Å². The van der Waals surface area contributed by atoms with Gasteiger partial charge in [-0.15, -0.1) is 0 Å². The van der Waals surface area contributed by atoms with Crippen LogP contribution in [-0.2, 0) is 0 Å². The highest BCUT2D eigenvalue weighted by molar-refractivity contribution is 5.94. The Morgan fingerprint density at radius 2 is 1.73 bits per heavy atom. The summed E-state index contributed by atoms with van der Waals surface area (Å²) in [5, 5.41) is 6.10. The number of rotatable bonds is 6. The van der Waals surface area contributed by atoms with Gasteiger partial charge in [0.15, 0.2) is 0 Å². The highest BCUT2D eigenvalue weighted by atomic mass is 16.5. The highest BCUT2D eigenvalue weighted by Crippen LogP contribution is 2.12. The summed E-state index contributed by atoms with van der Waals surface area (Å²) >= 11 is 0. The maximum absolute atomic E-state index is 11.9. The first kappa shape index (κ1) is 17.6. The van der Waals surface area contributed by atoms with Crippen LogP contribution >= 0.6 is 0 Å². The quantitative estimate of drug-likeness (QED) is 0.802. The molecule has 0 bridgehead atoms. The van der Waals surface area contributed by atoms with E-state index in [1.165, 1.54) is 0 Å². The Labute approximate surface area is 132 Å². The van der Waals surface area contributed by atoms with Gasteiger partial charge in [-0.1, -0.05) is 38.1 Å². The lowest BCUT2D eigenvalue weighted by atomic mass is 10.2. The van der Waals surface area contributed by atoms with Crippen molar-refractivity contribution in [2.45, 2.75) is 13.8 Å². The van der Waals surface area contributed by atoms with Gasteiger partial charge in [-0.25, -0.2) is 0 Å². The molecule has 0 fully saturated rings. The molecule has 4 nitrogen and oxygen atoms in total. The van der Waals surface area contributed by atoms with Crippen LogP contribution in [0.5, 0.6) is 5.75 Å². The molecule has 2 aromatic rings. The number of para-hydroxylation sites is 1. The fraction of sp³-hybridized carbons (Fsp3) is 0.278. The Kier molecular flexibility index (Phi) is 8.20. The summed E-state index contributed by atoms with van der Waals surface area (Å²) in [7, 11) is 1.58. The van der Waals surface area contributed by atoms with Crippen LogP contribution in [0.3, 0.4) is 0 Å². The smallest absolute Gasteiger partial charge is 0.251 e. The van der Waals surface area contributed by atoms with Gasteiger partial charge in [0.1, 0.15) is 5.75 Å². The van der Waals surface area contributed by atoms with Crippen molar-refractivity contribution in [3.63, 3.8) is 0 Å². The summed E-state index contributed by atoms with van der Waals surface area (Å²) in [4.78, 5) is 11.9. The van der Waals surface area contributed by atoms with Crippen molar-refractivity contribution in [3.8, 4) is 5.75 Å². The summed E-state index contributed by atoms with van der Waals surface area (Å²) in [5.74, 6) is 0.582. The predicted molar refractivity (Wildman–Crippen MR) is 91.6 cm³/mol. The molecule has 0 atom stereocenters. The van der Waals surface area contributed by atoms with E-state index in [4.69, 9.17) is 4.74 Å². The van der Waals surface area contributed by atoms with Crippen molar-refractivity contribution in [1.29, 1.82) is 0 Å². The van der Waals surface area contributed by atoms with E-state index in [0.29, 0.717) is 24.4 Å². The fourth-order valence-electron chi connectivity index (χ4n) is 1.81. The normalized spacial score (nSPS) is 9.23. The molecule has 0 saturated heterocycles. The molecule has 0 aromatic heterocycles. The Hall–Kier alpha value is -2.49. The van der Waals surface area contributed by atoms with Crippen molar-refractivity contribution in [1.82, 2.24) is 5.32 Å². The molecule has 2 N–H and O–H groups in total. The van der Waals surface area contributed by atoms with Gasteiger partial charge in [-0.3, -0.25) is 4.79 Å². The first-order valence-electron chi connectivity index (χ1n) is 7.51. The molecule has 118 valence electrons. The van der Waals surface area contributed by atoms with Gasteiger partial charge in [0.25, 0.3) is 5.91 Å². The zero-order chi connectivity index (χ0) is 16.2. The molecule has 0 heterocycles. The first-order chi connectivity index (χ1) is 10.8. The molecule has 0 aliphatic carbocycles. The third-order valence-corrected chi connectivity index (χ3v) is 2.85. The molecule has 2 aromatic carbocycles. The molecule has 0 unspecified atom stereocenters. The van der Waals surface area contributed by atoms with Crippen LogP contribution in [0.15, 0.2) is 54.6 Å². The zero-order valence-corrected chi connectivity index (χ0v) is 13.4. The SMILES string of the molecule is CC.COc1cccc(C(=O)NCCNc2ccccc2)c1. The van der Waals surface area contributed by atoms with Crippen molar-refractivity contribution in [2.24, 2.45) is 0 Å². The molecule has 0 aliphatic rings. The van der Waals surface area contributed by atoms with Gasteiger partial charge in [0.05, 0.1) is 7.11 Å². The third kappa shape index (κ3) is 5.87. The molecule has 22 heavy (non-hydrogen) atoms. The average molecular weight is 300 g/mol. The largest absolute Gasteiger partial charge is 0.497 e. The number of nitrogens with one attached hydrogen (secondary N) is 2. The van der Waals surface area contributed by atoms with Crippen molar-refractivity contribution >= 4 is 11.6 Å². The standard InChI is InChI=1S/C16H18N2O2.C2H6/c1-20-15-9-5-6-13(12-15)16(19)18-11-10-17-14-7-3-2-4-8-14;1-2/h2-9,12,17H,10-11H2,1H3,(H,18,19);1-2H3. The van der Waals surface area contributed by atoms with Crippen LogP contribution in [0, 0.1) is 0 Å². The van der Waals surface area contributed by atoms with Crippen molar-refractivity contribution in [3.05, 3.63) is 60.2 Å². The minimum Gasteiger partial charge on any atom is -0.497 e. The molecule has 0 saturated carbocycles. The van der Waals surface area contributed by atoms with E-state index in [9.17, 15) is 4.79 Å². The maximum Gasteiger partial charge on any atom is 0.251 e. The van der Waals surface area contributed by atoms with Gasteiger partial charge in [0, 0.05) is 24.3 Å². The summed E-state index contributed by atoms with van der Waals surface area (Å²) in [6.07, 6.45) is 0. The van der Waals surface area contributed by atoms with E-state index >= 15 is 0 Å². The number of amides is 1. The van der Waals surface area contributed by atoms with Gasteiger partial charge in [0.2, 0.25) is 0 Å².